The first-order chi connectivity index (χ1) is 7.98. The van der Waals surface area contributed by atoms with Crippen molar-refractivity contribution < 1.29 is 19.4 Å². The Morgan fingerprint density at radius 3 is 2.47 bits per heavy atom. The summed E-state index contributed by atoms with van der Waals surface area (Å²) in [7, 11) is 0. The first-order valence-corrected chi connectivity index (χ1v) is 5.63. The fourth-order valence-corrected chi connectivity index (χ4v) is 1.39. The molecule has 0 aromatic heterocycles. The Bertz CT molecular complexity index is 291. The number of nitrogens with zero attached hydrogens (tertiary/aromatic N) is 1. The minimum atomic E-state index is -1.24. The monoisotopic (exact) mass is 245 g/mol. The van der Waals surface area contributed by atoms with Crippen molar-refractivity contribution >= 4 is 12.0 Å². The van der Waals surface area contributed by atoms with Gasteiger partial charge >= 0.3 is 12.0 Å². The number of carbonyl (C=O) groups excluding carboxylic acids is 1. The lowest BCUT2D eigenvalue weighted by Crippen LogP contribution is -2.59. The Balaban J connectivity index is 2.44. The van der Waals surface area contributed by atoms with Crippen LogP contribution >= 0.6 is 0 Å². The SMILES string of the molecule is CCC(C)(NC(=O)NN1CCOCC1)C(=O)O. The Morgan fingerprint density at radius 1 is 1.41 bits per heavy atom. The smallest absolute Gasteiger partial charge is 0.330 e. The van der Waals surface area contributed by atoms with Crippen LogP contribution in [0.4, 0.5) is 4.79 Å². The highest BCUT2D eigenvalue weighted by molar-refractivity contribution is 5.85. The number of amides is 2. The first-order valence-electron chi connectivity index (χ1n) is 5.63. The van der Waals surface area contributed by atoms with Gasteiger partial charge in [-0.15, -0.1) is 0 Å². The van der Waals surface area contributed by atoms with Gasteiger partial charge in [-0.2, -0.15) is 0 Å². The highest BCUT2D eigenvalue weighted by Crippen LogP contribution is 2.08. The van der Waals surface area contributed by atoms with E-state index >= 15 is 0 Å². The molecule has 7 nitrogen and oxygen atoms in total. The van der Waals surface area contributed by atoms with E-state index in [1.54, 1.807) is 11.9 Å². The zero-order valence-electron chi connectivity index (χ0n) is 10.2. The topological polar surface area (TPSA) is 90.9 Å². The highest BCUT2D eigenvalue weighted by atomic mass is 16.5. The molecular formula is C10H19N3O4. The van der Waals surface area contributed by atoms with E-state index in [1.807, 2.05) is 0 Å². The molecule has 0 saturated carbocycles. The molecule has 0 aromatic rings. The van der Waals surface area contributed by atoms with Gasteiger partial charge in [-0.05, 0) is 13.3 Å². The molecule has 1 rings (SSSR count). The molecule has 1 aliphatic rings. The Morgan fingerprint density at radius 2 is 2.00 bits per heavy atom. The number of morpholine rings is 1. The summed E-state index contributed by atoms with van der Waals surface area (Å²) in [5, 5.41) is 13.2. The number of nitrogens with one attached hydrogen (secondary N) is 2. The van der Waals surface area contributed by atoms with E-state index in [4.69, 9.17) is 9.84 Å². The molecule has 0 aliphatic carbocycles. The van der Waals surface area contributed by atoms with E-state index < -0.39 is 17.5 Å². The zero-order chi connectivity index (χ0) is 12.9. The minimum absolute atomic E-state index is 0.318. The van der Waals surface area contributed by atoms with Crippen molar-refractivity contribution in [2.24, 2.45) is 0 Å². The number of ether oxygens (including phenoxy) is 1. The Kier molecular flexibility index (Phi) is 4.71. The van der Waals surface area contributed by atoms with Gasteiger partial charge in [0, 0.05) is 13.1 Å². The maximum atomic E-state index is 11.6. The second-order valence-corrected chi connectivity index (χ2v) is 4.16. The maximum Gasteiger partial charge on any atom is 0.330 e. The summed E-state index contributed by atoms with van der Waals surface area (Å²) in [6, 6.07) is -0.501. The normalized spacial score (nSPS) is 20.4. The van der Waals surface area contributed by atoms with Crippen LogP contribution in [0.2, 0.25) is 0 Å². The fraction of sp³-hybridized carbons (Fsp3) is 0.800. The summed E-state index contributed by atoms with van der Waals surface area (Å²) < 4.78 is 5.13. The van der Waals surface area contributed by atoms with Crippen LogP contribution in [0, 0.1) is 0 Å². The number of hydrazine groups is 1. The van der Waals surface area contributed by atoms with Crippen LogP contribution in [0.5, 0.6) is 0 Å². The van der Waals surface area contributed by atoms with Crippen molar-refractivity contribution in [1.29, 1.82) is 0 Å². The van der Waals surface area contributed by atoms with E-state index in [0.717, 1.165) is 0 Å². The van der Waals surface area contributed by atoms with Crippen LogP contribution in [0.15, 0.2) is 0 Å². The summed E-state index contributed by atoms with van der Waals surface area (Å²) in [6.07, 6.45) is 0.318. The molecule has 0 spiro atoms. The van der Waals surface area contributed by atoms with Gasteiger partial charge in [0.1, 0.15) is 5.54 Å². The van der Waals surface area contributed by atoms with Gasteiger partial charge in [0.25, 0.3) is 0 Å². The summed E-state index contributed by atoms with van der Waals surface area (Å²) in [6.45, 7) is 5.51. The molecule has 2 amide bonds. The molecule has 1 unspecified atom stereocenters. The second-order valence-electron chi connectivity index (χ2n) is 4.16. The molecule has 1 atom stereocenters. The predicted octanol–water partition coefficient (Wildman–Crippen LogP) is -0.214. The van der Waals surface area contributed by atoms with Gasteiger partial charge in [0.15, 0.2) is 0 Å². The van der Waals surface area contributed by atoms with Gasteiger partial charge in [0.2, 0.25) is 0 Å². The first kappa shape index (κ1) is 13.7. The zero-order valence-corrected chi connectivity index (χ0v) is 10.2. The highest BCUT2D eigenvalue weighted by Gasteiger charge is 2.33. The van der Waals surface area contributed by atoms with Gasteiger partial charge in [-0.1, -0.05) is 6.92 Å². The lowest BCUT2D eigenvalue weighted by Gasteiger charge is -2.30. The fourth-order valence-electron chi connectivity index (χ4n) is 1.39. The van der Waals surface area contributed by atoms with Crippen LogP contribution in [0.25, 0.3) is 0 Å². The molecule has 1 saturated heterocycles. The third-order valence-electron chi connectivity index (χ3n) is 2.84. The van der Waals surface area contributed by atoms with Gasteiger partial charge in [-0.25, -0.2) is 14.6 Å². The number of hydrogen-bond donors (Lipinski definition) is 3. The van der Waals surface area contributed by atoms with Crippen LogP contribution < -0.4 is 10.7 Å². The molecule has 3 N–H and O–H groups in total. The van der Waals surface area contributed by atoms with Gasteiger partial charge in [0.05, 0.1) is 13.2 Å². The summed E-state index contributed by atoms with van der Waals surface area (Å²) in [4.78, 5) is 22.6. The Hall–Kier alpha value is -1.34. The molecule has 1 aliphatic heterocycles. The molecule has 17 heavy (non-hydrogen) atoms. The summed E-state index contributed by atoms with van der Waals surface area (Å²) in [5.74, 6) is -1.04. The molecular weight excluding hydrogens is 226 g/mol. The average Bonchev–Trinajstić information content (AvgIpc) is 2.29. The Labute approximate surface area is 100 Å². The van der Waals surface area contributed by atoms with Crippen molar-refractivity contribution in [2.45, 2.75) is 25.8 Å². The summed E-state index contributed by atoms with van der Waals surface area (Å²) >= 11 is 0. The van der Waals surface area contributed by atoms with E-state index in [-0.39, 0.29) is 0 Å². The molecule has 0 aromatic carbocycles. The minimum Gasteiger partial charge on any atom is -0.480 e. The van der Waals surface area contributed by atoms with E-state index in [2.05, 4.69) is 10.7 Å². The largest absolute Gasteiger partial charge is 0.480 e. The van der Waals surface area contributed by atoms with Crippen LogP contribution in [0.3, 0.4) is 0 Å². The summed E-state index contributed by atoms with van der Waals surface area (Å²) in [5.41, 5.74) is 1.36. The van der Waals surface area contributed by atoms with Gasteiger partial charge < -0.3 is 15.2 Å². The number of rotatable bonds is 4. The number of carboxylic acid groups (broad SMARTS) is 1. The molecule has 1 heterocycles. The van der Waals surface area contributed by atoms with E-state index in [9.17, 15) is 9.59 Å². The number of urea groups is 1. The molecule has 1 fully saturated rings. The third kappa shape index (κ3) is 3.86. The van der Waals surface area contributed by atoms with Crippen molar-refractivity contribution in [2.75, 3.05) is 26.3 Å². The van der Waals surface area contributed by atoms with Crippen molar-refractivity contribution in [3.63, 3.8) is 0 Å². The van der Waals surface area contributed by atoms with Gasteiger partial charge in [-0.3, -0.25) is 5.43 Å². The predicted molar refractivity (Wildman–Crippen MR) is 60.4 cm³/mol. The van der Waals surface area contributed by atoms with Crippen molar-refractivity contribution in [1.82, 2.24) is 15.8 Å². The number of aliphatic carboxylic acids is 1. The van der Waals surface area contributed by atoms with Crippen molar-refractivity contribution in [3.8, 4) is 0 Å². The lowest BCUT2D eigenvalue weighted by molar-refractivity contribution is -0.143. The second kappa shape index (κ2) is 5.83. The molecule has 0 radical (unpaired) electrons. The molecule has 98 valence electrons. The number of carboxylic acids is 1. The van der Waals surface area contributed by atoms with E-state index in [0.29, 0.717) is 32.7 Å². The maximum absolute atomic E-state index is 11.6. The third-order valence-corrected chi connectivity index (χ3v) is 2.84. The van der Waals surface area contributed by atoms with E-state index in [1.165, 1.54) is 6.92 Å². The molecule has 7 heteroatoms. The number of carbonyl (C=O) groups is 2. The van der Waals surface area contributed by atoms with Crippen LogP contribution in [0.1, 0.15) is 20.3 Å². The molecule has 0 bridgehead atoms. The van der Waals surface area contributed by atoms with Crippen LogP contribution in [-0.4, -0.2) is 54.0 Å². The quantitative estimate of drug-likeness (QED) is 0.637. The average molecular weight is 245 g/mol. The van der Waals surface area contributed by atoms with Crippen molar-refractivity contribution in [3.05, 3.63) is 0 Å². The lowest BCUT2D eigenvalue weighted by atomic mass is 10.00. The number of hydrogen-bond acceptors (Lipinski definition) is 4. The standard InChI is InChI=1S/C10H19N3O4/c1-3-10(2,8(14)15)11-9(16)12-13-4-6-17-7-5-13/h3-7H2,1-2H3,(H,14,15)(H2,11,12,16). The van der Waals surface area contributed by atoms with Crippen LogP contribution in [-0.2, 0) is 9.53 Å².